The first-order valence-corrected chi connectivity index (χ1v) is 5.23. The third-order valence-electron chi connectivity index (χ3n) is 1.80. The standard InChI is InChI=1S/C7H10N4O4S/c1-3(5(8)14)11-6(15)9-10-7(11)16-2-4(12)13/h3H,2H2,1H3,(H2,8,14)(H,9,15)(H,12,13). The predicted octanol–water partition coefficient (Wildman–Crippen LogP) is -1.21. The molecule has 0 saturated carbocycles. The number of aromatic amines is 1. The van der Waals surface area contributed by atoms with E-state index in [2.05, 4.69) is 10.2 Å². The molecule has 4 N–H and O–H groups in total. The van der Waals surface area contributed by atoms with E-state index in [1.54, 1.807) is 0 Å². The van der Waals surface area contributed by atoms with E-state index < -0.39 is 23.6 Å². The van der Waals surface area contributed by atoms with Crippen molar-refractivity contribution in [3.8, 4) is 0 Å². The van der Waals surface area contributed by atoms with Crippen LogP contribution in [0.1, 0.15) is 13.0 Å². The van der Waals surface area contributed by atoms with E-state index in [1.165, 1.54) is 6.92 Å². The number of carboxylic acids is 1. The second-order valence-electron chi connectivity index (χ2n) is 2.94. The van der Waals surface area contributed by atoms with E-state index >= 15 is 0 Å². The molecule has 0 aromatic carbocycles. The Bertz CT molecular complexity index is 465. The third-order valence-corrected chi connectivity index (χ3v) is 2.73. The maximum atomic E-state index is 11.3. The minimum atomic E-state index is -1.04. The zero-order chi connectivity index (χ0) is 12.3. The van der Waals surface area contributed by atoms with Crippen LogP contribution in [0.5, 0.6) is 0 Å². The lowest BCUT2D eigenvalue weighted by Gasteiger charge is -2.09. The van der Waals surface area contributed by atoms with Crippen molar-refractivity contribution in [3.05, 3.63) is 10.5 Å². The van der Waals surface area contributed by atoms with Gasteiger partial charge in [0, 0.05) is 0 Å². The Hall–Kier alpha value is -1.77. The van der Waals surface area contributed by atoms with Crippen molar-refractivity contribution in [2.45, 2.75) is 18.1 Å². The molecule has 0 bridgehead atoms. The van der Waals surface area contributed by atoms with Crippen molar-refractivity contribution in [2.75, 3.05) is 5.75 Å². The Kier molecular flexibility index (Phi) is 3.72. The molecule has 0 aliphatic carbocycles. The molecular weight excluding hydrogens is 236 g/mol. The number of carbonyl (C=O) groups excluding carboxylic acids is 1. The minimum Gasteiger partial charge on any atom is -0.481 e. The molecule has 8 nitrogen and oxygen atoms in total. The minimum absolute atomic E-state index is 0.124. The number of carboxylic acid groups (broad SMARTS) is 1. The molecule has 1 heterocycles. The number of aromatic nitrogens is 3. The van der Waals surface area contributed by atoms with Crippen LogP contribution in [-0.4, -0.2) is 37.5 Å². The highest BCUT2D eigenvalue weighted by atomic mass is 32.2. The average Bonchev–Trinajstić information content (AvgIpc) is 2.55. The molecule has 0 aliphatic heterocycles. The van der Waals surface area contributed by atoms with Crippen LogP contribution in [0.25, 0.3) is 0 Å². The van der Waals surface area contributed by atoms with Crippen LogP contribution in [0.3, 0.4) is 0 Å². The van der Waals surface area contributed by atoms with Gasteiger partial charge in [-0.25, -0.2) is 9.89 Å². The maximum absolute atomic E-state index is 11.3. The second kappa shape index (κ2) is 4.84. The van der Waals surface area contributed by atoms with Gasteiger partial charge in [-0.3, -0.25) is 14.2 Å². The van der Waals surface area contributed by atoms with Gasteiger partial charge in [-0.1, -0.05) is 11.8 Å². The summed E-state index contributed by atoms with van der Waals surface area (Å²) in [5, 5.41) is 14.3. The Morgan fingerprint density at radius 2 is 2.31 bits per heavy atom. The lowest BCUT2D eigenvalue weighted by molar-refractivity contribution is -0.133. The van der Waals surface area contributed by atoms with Crippen molar-refractivity contribution in [2.24, 2.45) is 5.73 Å². The zero-order valence-corrected chi connectivity index (χ0v) is 9.15. The summed E-state index contributed by atoms with van der Waals surface area (Å²) in [6.07, 6.45) is 0. The van der Waals surface area contributed by atoms with Crippen LogP contribution in [0.2, 0.25) is 0 Å². The highest BCUT2D eigenvalue weighted by molar-refractivity contribution is 7.99. The SMILES string of the molecule is CC(C(N)=O)n1c(SCC(=O)O)n[nH]c1=O. The van der Waals surface area contributed by atoms with Gasteiger partial charge in [0.25, 0.3) is 0 Å². The molecule has 0 radical (unpaired) electrons. The van der Waals surface area contributed by atoms with Gasteiger partial charge in [-0.2, -0.15) is 0 Å². The first-order chi connectivity index (χ1) is 7.43. The van der Waals surface area contributed by atoms with Crippen LogP contribution in [0, 0.1) is 0 Å². The Morgan fingerprint density at radius 3 is 2.81 bits per heavy atom. The molecule has 1 rings (SSSR count). The van der Waals surface area contributed by atoms with Gasteiger partial charge in [0.05, 0.1) is 5.75 Å². The van der Waals surface area contributed by atoms with Crippen molar-refractivity contribution in [1.29, 1.82) is 0 Å². The highest BCUT2D eigenvalue weighted by Crippen LogP contribution is 2.16. The van der Waals surface area contributed by atoms with Crippen LogP contribution < -0.4 is 11.4 Å². The molecular formula is C7H10N4O4S. The largest absolute Gasteiger partial charge is 0.481 e. The molecule has 0 fully saturated rings. The molecule has 0 spiro atoms. The summed E-state index contributed by atoms with van der Waals surface area (Å²) in [6, 6.07) is -0.873. The maximum Gasteiger partial charge on any atom is 0.344 e. The van der Waals surface area contributed by atoms with Gasteiger partial charge in [0.2, 0.25) is 5.91 Å². The summed E-state index contributed by atoms with van der Waals surface area (Å²) < 4.78 is 1.02. The van der Waals surface area contributed by atoms with Crippen molar-refractivity contribution < 1.29 is 14.7 Å². The first kappa shape index (κ1) is 12.3. The summed E-state index contributed by atoms with van der Waals surface area (Å²) in [4.78, 5) is 32.6. The molecule has 1 aromatic rings. The smallest absolute Gasteiger partial charge is 0.344 e. The molecule has 1 unspecified atom stereocenters. The quantitative estimate of drug-likeness (QED) is 0.559. The number of nitrogens with one attached hydrogen (secondary N) is 1. The molecule has 1 atom stereocenters. The van der Waals surface area contributed by atoms with Gasteiger partial charge in [0.15, 0.2) is 5.16 Å². The molecule has 0 saturated heterocycles. The number of primary amides is 1. The molecule has 88 valence electrons. The van der Waals surface area contributed by atoms with E-state index in [9.17, 15) is 14.4 Å². The number of carbonyl (C=O) groups is 2. The highest BCUT2D eigenvalue weighted by Gasteiger charge is 2.19. The fourth-order valence-corrected chi connectivity index (χ4v) is 1.73. The van der Waals surface area contributed by atoms with Gasteiger partial charge in [0.1, 0.15) is 6.04 Å². The number of rotatable bonds is 5. The summed E-state index contributed by atoms with van der Waals surface area (Å²) in [5.41, 5.74) is 4.46. The lowest BCUT2D eigenvalue weighted by atomic mass is 10.3. The third kappa shape index (κ3) is 2.63. The summed E-state index contributed by atoms with van der Waals surface area (Å²) in [6.45, 7) is 1.43. The van der Waals surface area contributed by atoms with Gasteiger partial charge in [-0.15, -0.1) is 5.10 Å². The number of hydrogen-bond donors (Lipinski definition) is 3. The zero-order valence-electron chi connectivity index (χ0n) is 8.34. The van der Waals surface area contributed by atoms with E-state index in [1.807, 2.05) is 0 Å². The van der Waals surface area contributed by atoms with Crippen molar-refractivity contribution in [3.63, 3.8) is 0 Å². The van der Waals surface area contributed by atoms with Crippen LogP contribution in [0.4, 0.5) is 0 Å². The summed E-state index contributed by atoms with van der Waals surface area (Å²) in [5.74, 6) is -1.99. The Balaban J connectivity index is 2.98. The monoisotopic (exact) mass is 246 g/mol. The number of amides is 1. The number of H-pyrrole nitrogens is 1. The number of thioether (sulfide) groups is 1. The molecule has 9 heteroatoms. The normalized spacial score (nSPS) is 12.3. The number of nitrogens with two attached hydrogens (primary N) is 1. The van der Waals surface area contributed by atoms with E-state index in [0.717, 1.165) is 16.3 Å². The fraction of sp³-hybridized carbons (Fsp3) is 0.429. The Morgan fingerprint density at radius 1 is 1.69 bits per heavy atom. The molecule has 0 aliphatic rings. The molecule has 1 amide bonds. The van der Waals surface area contributed by atoms with Crippen molar-refractivity contribution >= 4 is 23.6 Å². The van der Waals surface area contributed by atoms with Gasteiger partial charge in [-0.05, 0) is 6.92 Å². The van der Waals surface area contributed by atoms with Gasteiger partial charge >= 0.3 is 11.7 Å². The molecule has 16 heavy (non-hydrogen) atoms. The number of nitrogens with zero attached hydrogens (tertiary/aromatic N) is 2. The van der Waals surface area contributed by atoms with E-state index in [4.69, 9.17) is 10.8 Å². The topological polar surface area (TPSA) is 131 Å². The molecule has 1 aromatic heterocycles. The van der Waals surface area contributed by atoms with Crippen LogP contribution in [-0.2, 0) is 9.59 Å². The van der Waals surface area contributed by atoms with Gasteiger partial charge < -0.3 is 10.8 Å². The van der Waals surface area contributed by atoms with Crippen molar-refractivity contribution in [1.82, 2.24) is 14.8 Å². The first-order valence-electron chi connectivity index (χ1n) is 4.24. The van der Waals surface area contributed by atoms with Crippen LogP contribution in [0.15, 0.2) is 9.95 Å². The second-order valence-corrected chi connectivity index (χ2v) is 3.88. The number of hydrogen-bond acceptors (Lipinski definition) is 5. The predicted molar refractivity (Wildman–Crippen MR) is 55.1 cm³/mol. The summed E-state index contributed by atoms with van der Waals surface area (Å²) >= 11 is 0.835. The number of aliphatic carboxylic acids is 1. The summed E-state index contributed by atoms with van der Waals surface area (Å²) in [7, 11) is 0. The van der Waals surface area contributed by atoms with Crippen LogP contribution >= 0.6 is 11.8 Å². The average molecular weight is 246 g/mol. The van der Waals surface area contributed by atoms with E-state index in [0.29, 0.717) is 0 Å². The lowest BCUT2D eigenvalue weighted by Crippen LogP contribution is -2.31. The van der Waals surface area contributed by atoms with E-state index in [-0.39, 0.29) is 10.9 Å². The Labute approximate surface area is 93.8 Å². The fourth-order valence-electron chi connectivity index (χ4n) is 0.987.